The van der Waals surface area contributed by atoms with E-state index in [2.05, 4.69) is 12.3 Å². The lowest BCUT2D eigenvalue weighted by Gasteiger charge is -2.07. The topological polar surface area (TPSA) is 33.0 Å². The van der Waals surface area contributed by atoms with Crippen LogP contribution in [-0.2, 0) is 0 Å². The molecule has 0 aliphatic rings. The second-order valence-electron chi connectivity index (χ2n) is 3.49. The van der Waals surface area contributed by atoms with Crippen molar-refractivity contribution in [2.75, 3.05) is 7.11 Å². The molecule has 0 saturated heterocycles. The molecule has 0 atom stereocenters. The SMILES string of the molecule is COc1ccc2c(C)ccc(SC#N)c2c1. The summed E-state index contributed by atoms with van der Waals surface area (Å²) in [5, 5.41) is 13.1. The van der Waals surface area contributed by atoms with Gasteiger partial charge in [0.1, 0.15) is 11.2 Å². The van der Waals surface area contributed by atoms with Gasteiger partial charge in [-0.2, -0.15) is 5.26 Å². The average molecular weight is 229 g/mol. The first-order chi connectivity index (χ1) is 7.76. The summed E-state index contributed by atoms with van der Waals surface area (Å²) in [5.41, 5.74) is 1.21. The van der Waals surface area contributed by atoms with Crippen LogP contribution in [0, 0.1) is 17.6 Å². The van der Waals surface area contributed by atoms with E-state index in [0.717, 1.165) is 16.0 Å². The molecule has 0 aliphatic carbocycles. The maximum atomic E-state index is 8.76. The quantitative estimate of drug-likeness (QED) is 0.581. The van der Waals surface area contributed by atoms with Gasteiger partial charge < -0.3 is 4.74 Å². The Labute approximate surface area is 98.8 Å². The van der Waals surface area contributed by atoms with Crippen LogP contribution in [0.25, 0.3) is 10.8 Å². The van der Waals surface area contributed by atoms with Gasteiger partial charge in [0.05, 0.1) is 7.11 Å². The second-order valence-corrected chi connectivity index (χ2v) is 4.31. The summed E-state index contributed by atoms with van der Waals surface area (Å²) in [6.45, 7) is 2.07. The van der Waals surface area contributed by atoms with Crippen LogP contribution < -0.4 is 4.74 Å². The smallest absolute Gasteiger partial charge is 0.138 e. The van der Waals surface area contributed by atoms with Gasteiger partial charge >= 0.3 is 0 Å². The van der Waals surface area contributed by atoms with E-state index < -0.39 is 0 Å². The van der Waals surface area contributed by atoms with Crippen molar-refractivity contribution in [3.8, 4) is 11.2 Å². The van der Waals surface area contributed by atoms with E-state index in [1.165, 1.54) is 22.7 Å². The average Bonchev–Trinajstić information content (AvgIpc) is 2.32. The maximum Gasteiger partial charge on any atom is 0.138 e. The lowest BCUT2D eigenvalue weighted by Crippen LogP contribution is -1.85. The number of thiocyanates is 1. The third kappa shape index (κ3) is 1.84. The number of hydrogen-bond donors (Lipinski definition) is 0. The largest absolute Gasteiger partial charge is 0.497 e. The van der Waals surface area contributed by atoms with Gasteiger partial charge in [0.2, 0.25) is 0 Å². The minimum Gasteiger partial charge on any atom is -0.497 e. The van der Waals surface area contributed by atoms with Crippen molar-refractivity contribution in [2.24, 2.45) is 0 Å². The van der Waals surface area contributed by atoms with Crippen molar-refractivity contribution in [1.82, 2.24) is 0 Å². The molecule has 80 valence electrons. The summed E-state index contributed by atoms with van der Waals surface area (Å²) >= 11 is 1.18. The first kappa shape index (κ1) is 10.8. The van der Waals surface area contributed by atoms with Crippen molar-refractivity contribution in [2.45, 2.75) is 11.8 Å². The van der Waals surface area contributed by atoms with Gasteiger partial charge in [0.15, 0.2) is 0 Å². The van der Waals surface area contributed by atoms with Gasteiger partial charge in [-0.1, -0.05) is 12.1 Å². The third-order valence-corrected chi connectivity index (χ3v) is 3.22. The molecule has 2 nitrogen and oxygen atoms in total. The minimum atomic E-state index is 0.817. The van der Waals surface area contributed by atoms with Crippen molar-refractivity contribution in [1.29, 1.82) is 5.26 Å². The maximum absolute atomic E-state index is 8.76. The number of rotatable bonds is 2. The fraction of sp³-hybridized carbons (Fsp3) is 0.154. The zero-order valence-corrected chi connectivity index (χ0v) is 9.97. The van der Waals surface area contributed by atoms with Crippen LogP contribution in [-0.4, -0.2) is 7.11 Å². The fourth-order valence-corrected chi connectivity index (χ4v) is 2.23. The lowest BCUT2D eigenvalue weighted by atomic mass is 10.1. The molecule has 0 fully saturated rings. The van der Waals surface area contributed by atoms with Gasteiger partial charge in [-0.3, -0.25) is 0 Å². The Balaban J connectivity index is 2.73. The van der Waals surface area contributed by atoms with Gasteiger partial charge in [-0.05, 0) is 47.8 Å². The molecule has 0 aliphatic heterocycles. The van der Waals surface area contributed by atoms with E-state index in [1.54, 1.807) is 7.11 Å². The lowest BCUT2D eigenvalue weighted by molar-refractivity contribution is 0.415. The number of hydrogen-bond acceptors (Lipinski definition) is 3. The molecular weight excluding hydrogens is 218 g/mol. The standard InChI is InChI=1S/C13H11NOS/c1-9-3-6-13(16-8-14)12-7-10(15-2)4-5-11(9)12/h3-7H,1-2H3. The van der Waals surface area contributed by atoms with Crippen molar-refractivity contribution < 1.29 is 4.74 Å². The molecule has 2 rings (SSSR count). The van der Waals surface area contributed by atoms with E-state index in [1.807, 2.05) is 30.3 Å². The Morgan fingerprint density at radius 3 is 2.69 bits per heavy atom. The zero-order valence-electron chi connectivity index (χ0n) is 9.15. The normalized spacial score (nSPS) is 10.1. The van der Waals surface area contributed by atoms with E-state index in [-0.39, 0.29) is 0 Å². The number of nitriles is 1. The molecular formula is C13H11NOS. The van der Waals surface area contributed by atoms with E-state index in [4.69, 9.17) is 10.00 Å². The molecule has 2 aromatic carbocycles. The first-order valence-corrected chi connectivity index (χ1v) is 5.71. The molecule has 3 heteroatoms. The number of nitrogens with zero attached hydrogens (tertiary/aromatic N) is 1. The molecule has 0 unspecified atom stereocenters. The molecule has 0 heterocycles. The van der Waals surface area contributed by atoms with E-state index >= 15 is 0 Å². The van der Waals surface area contributed by atoms with Crippen LogP contribution in [0.1, 0.15) is 5.56 Å². The number of benzene rings is 2. The molecule has 16 heavy (non-hydrogen) atoms. The highest BCUT2D eigenvalue weighted by Crippen LogP contribution is 2.32. The third-order valence-electron chi connectivity index (χ3n) is 2.56. The Hall–Kier alpha value is -1.66. The predicted octanol–water partition coefficient (Wildman–Crippen LogP) is 3.73. The number of aryl methyl sites for hydroxylation is 1. The van der Waals surface area contributed by atoms with Crippen molar-refractivity contribution in [3.05, 3.63) is 35.9 Å². The molecule has 0 aromatic heterocycles. The fourth-order valence-electron chi connectivity index (χ4n) is 1.72. The van der Waals surface area contributed by atoms with Gasteiger partial charge in [0, 0.05) is 10.3 Å². The van der Waals surface area contributed by atoms with Crippen LogP contribution in [0.3, 0.4) is 0 Å². The van der Waals surface area contributed by atoms with Crippen molar-refractivity contribution in [3.63, 3.8) is 0 Å². The Kier molecular flexibility index (Phi) is 3.02. The van der Waals surface area contributed by atoms with Crippen LogP contribution in [0.4, 0.5) is 0 Å². The van der Waals surface area contributed by atoms with Crippen LogP contribution in [0.2, 0.25) is 0 Å². The summed E-state index contributed by atoms with van der Waals surface area (Å²) in [6.07, 6.45) is 0. The van der Waals surface area contributed by atoms with Crippen LogP contribution in [0.5, 0.6) is 5.75 Å². The van der Waals surface area contributed by atoms with Crippen LogP contribution >= 0.6 is 11.8 Å². The summed E-state index contributed by atoms with van der Waals surface area (Å²) in [5.74, 6) is 0.817. The summed E-state index contributed by atoms with van der Waals surface area (Å²) in [4.78, 5) is 0.974. The molecule has 0 spiro atoms. The highest BCUT2D eigenvalue weighted by Gasteiger charge is 2.05. The van der Waals surface area contributed by atoms with Crippen molar-refractivity contribution >= 4 is 22.5 Å². The number of fused-ring (bicyclic) bond motifs is 1. The zero-order chi connectivity index (χ0) is 11.5. The highest BCUT2D eigenvalue weighted by atomic mass is 32.2. The van der Waals surface area contributed by atoms with Gasteiger partial charge in [-0.15, -0.1) is 0 Å². The summed E-state index contributed by atoms with van der Waals surface area (Å²) in [7, 11) is 1.65. The number of thioether (sulfide) groups is 1. The minimum absolute atomic E-state index is 0.817. The molecule has 2 aromatic rings. The molecule has 0 radical (unpaired) electrons. The monoisotopic (exact) mass is 229 g/mol. The Bertz CT molecular complexity index is 572. The summed E-state index contributed by atoms with van der Waals surface area (Å²) < 4.78 is 5.20. The molecule has 0 saturated carbocycles. The summed E-state index contributed by atoms with van der Waals surface area (Å²) in [6, 6.07) is 9.96. The van der Waals surface area contributed by atoms with Gasteiger partial charge in [-0.25, -0.2) is 0 Å². The number of ether oxygens (including phenoxy) is 1. The molecule has 0 amide bonds. The highest BCUT2D eigenvalue weighted by molar-refractivity contribution is 8.04. The Morgan fingerprint density at radius 2 is 2.00 bits per heavy atom. The number of methoxy groups -OCH3 is 1. The van der Waals surface area contributed by atoms with E-state index in [9.17, 15) is 0 Å². The van der Waals surface area contributed by atoms with Gasteiger partial charge in [0.25, 0.3) is 0 Å². The second kappa shape index (κ2) is 4.46. The van der Waals surface area contributed by atoms with E-state index in [0.29, 0.717) is 0 Å². The van der Waals surface area contributed by atoms with Crippen LogP contribution in [0.15, 0.2) is 35.2 Å². The first-order valence-electron chi connectivity index (χ1n) is 4.89. The molecule has 0 N–H and O–H groups in total. The Morgan fingerprint density at radius 1 is 1.19 bits per heavy atom. The molecule has 0 bridgehead atoms. The predicted molar refractivity (Wildman–Crippen MR) is 66.7 cm³/mol.